The van der Waals surface area contributed by atoms with E-state index in [1.54, 1.807) is 25.1 Å². The molecule has 7 nitrogen and oxygen atoms in total. The van der Waals surface area contributed by atoms with Gasteiger partial charge in [-0.2, -0.15) is 0 Å². The Morgan fingerprint density at radius 3 is 2.34 bits per heavy atom. The van der Waals surface area contributed by atoms with E-state index in [4.69, 9.17) is 11.6 Å². The molecule has 0 bridgehead atoms. The number of non-ortho nitro benzene ring substituents is 1. The molecule has 2 aromatic carbocycles. The van der Waals surface area contributed by atoms with Gasteiger partial charge in [0.1, 0.15) is 6.04 Å². The number of carbonyl (C=O) groups is 2. The first kappa shape index (κ1) is 25.7. The molecule has 0 aliphatic carbocycles. The summed E-state index contributed by atoms with van der Waals surface area (Å²) in [4.78, 5) is 37.7. The van der Waals surface area contributed by atoms with Gasteiger partial charge in [0.15, 0.2) is 0 Å². The smallest absolute Gasteiger partial charge is 0.269 e. The van der Waals surface area contributed by atoms with E-state index in [-0.39, 0.29) is 29.8 Å². The van der Waals surface area contributed by atoms with Crippen LogP contribution in [0, 0.1) is 10.1 Å². The first-order valence-electron chi connectivity index (χ1n) is 10.1. The maximum atomic E-state index is 13.1. The van der Waals surface area contributed by atoms with E-state index >= 15 is 0 Å². The number of hydrogen-bond donors (Lipinski definition) is 1. The molecule has 1 N–H and O–H groups in total. The molecule has 2 aromatic rings. The summed E-state index contributed by atoms with van der Waals surface area (Å²) in [6, 6.07) is 12.8. The zero-order valence-electron chi connectivity index (χ0n) is 18.6. The van der Waals surface area contributed by atoms with Gasteiger partial charge in [-0.25, -0.2) is 0 Å². The minimum Gasteiger partial charge on any atom is -0.350 e. The SMILES string of the molecule is C[C@H](C(=O)NC(C)(C)C)N(Cc1ccccc1Cl)C(=O)CSCc1ccc([N+](=O)[O-])cc1. The van der Waals surface area contributed by atoms with Gasteiger partial charge in [-0.05, 0) is 44.9 Å². The predicted molar refractivity (Wildman–Crippen MR) is 129 cm³/mol. The number of hydrogen-bond acceptors (Lipinski definition) is 5. The number of thioether (sulfide) groups is 1. The lowest BCUT2D eigenvalue weighted by atomic mass is 10.1. The molecule has 0 unspecified atom stereocenters. The molecule has 0 fully saturated rings. The third-order valence-electron chi connectivity index (χ3n) is 4.61. The number of nitrogens with zero attached hydrogens (tertiary/aromatic N) is 2. The average Bonchev–Trinajstić information content (AvgIpc) is 2.71. The fraction of sp³-hybridized carbons (Fsp3) is 0.391. The Kier molecular flexibility index (Phi) is 9.09. The first-order valence-corrected chi connectivity index (χ1v) is 11.7. The summed E-state index contributed by atoms with van der Waals surface area (Å²) in [6.07, 6.45) is 0. The van der Waals surface area contributed by atoms with Gasteiger partial charge in [-0.1, -0.05) is 41.9 Å². The van der Waals surface area contributed by atoms with Gasteiger partial charge in [0.2, 0.25) is 11.8 Å². The lowest BCUT2D eigenvalue weighted by molar-refractivity contribution is -0.384. The third kappa shape index (κ3) is 7.84. The summed E-state index contributed by atoms with van der Waals surface area (Å²) in [6.45, 7) is 7.58. The average molecular weight is 478 g/mol. The highest BCUT2D eigenvalue weighted by molar-refractivity contribution is 7.99. The Bertz CT molecular complexity index is 960. The standard InChI is InChI=1S/C23H28ClN3O4S/c1-16(22(29)25-23(2,3)4)26(13-18-7-5-6-8-20(18)24)21(28)15-32-14-17-9-11-19(12-10-17)27(30)31/h5-12,16H,13-15H2,1-4H3,(H,25,29)/t16-/m1/s1. The summed E-state index contributed by atoms with van der Waals surface area (Å²) >= 11 is 7.68. The Labute approximate surface area is 197 Å². The second-order valence-electron chi connectivity index (χ2n) is 8.44. The highest BCUT2D eigenvalue weighted by Crippen LogP contribution is 2.21. The van der Waals surface area contributed by atoms with E-state index in [0.717, 1.165) is 11.1 Å². The molecule has 0 heterocycles. The van der Waals surface area contributed by atoms with Crippen molar-refractivity contribution in [2.24, 2.45) is 0 Å². The summed E-state index contributed by atoms with van der Waals surface area (Å²) in [7, 11) is 0. The van der Waals surface area contributed by atoms with E-state index in [1.165, 1.54) is 28.8 Å². The van der Waals surface area contributed by atoms with Crippen LogP contribution in [0.4, 0.5) is 5.69 Å². The van der Waals surface area contributed by atoms with Gasteiger partial charge in [-0.15, -0.1) is 11.8 Å². The van der Waals surface area contributed by atoms with Crippen LogP contribution in [0.3, 0.4) is 0 Å². The molecule has 0 radical (unpaired) electrons. The Balaban J connectivity index is 2.09. The van der Waals surface area contributed by atoms with Crippen molar-refractivity contribution in [1.82, 2.24) is 10.2 Å². The lowest BCUT2D eigenvalue weighted by Gasteiger charge is -2.31. The van der Waals surface area contributed by atoms with Crippen molar-refractivity contribution in [2.45, 2.75) is 51.6 Å². The molecule has 0 aliphatic rings. The summed E-state index contributed by atoms with van der Waals surface area (Å²) < 4.78 is 0. The number of nitrogens with one attached hydrogen (secondary N) is 1. The molecule has 0 saturated carbocycles. The second kappa shape index (κ2) is 11.3. The van der Waals surface area contributed by atoms with E-state index in [2.05, 4.69) is 5.32 Å². The normalized spacial score (nSPS) is 12.2. The van der Waals surface area contributed by atoms with Crippen molar-refractivity contribution in [3.05, 3.63) is 74.8 Å². The van der Waals surface area contributed by atoms with E-state index < -0.39 is 16.5 Å². The van der Waals surface area contributed by atoms with Gasteiger partial charge in [0.25, 0.3) is 5.69 Å². The number of amides is 2. The van der Waals surface area contributed by atoms with Crippen LogP contribution in [-0.2, 0) is 21.9 Å². The predicted octanol–water partition coefficient (Wildman–Crippen LogP) is 4.81. The molecule has 0 aliphatic heterocycles. The minimum absolute atomic E-state index is 0.0272. The van der Waals surface area contributed by atoms with Crippen molar-refractivity contribution in [1.29, 1.82) is 0 Å². The summed E-state index contributed by atoms with van der Waals surface area (Å²) in [5.41, 5.74) is 1.25. The van der Waals surface area contributed by atoms with Crippen LogP contribution in [0.15, 0.2) is 48.5 Å². The van der Waals surface area contributed by atoms with E-state index in [9.17, 15) is 19.7 Å². The molecule has 0 saturated heterocycles. The second-order valence-corrected chi connectivity index (χ2v) is 9.84. The molecule has 32 heavy (non-hydrogen) atoms. The zero-order valence-corrected chi connectivity index (χ0v) is 20.2. The van der Waals surface area contributed by atoms with Crippen molar-refractivity contribution in [3.63, 3.8) is 0 Å². The van der Waals surface area contributed by atoms with Gasteiger partial charge < -0.3 is 10.2 Å². The highest BCUT2D eigenvalue weighted by Gasteiger charge is 2.28. The third-order valence-corrected chi connectivity index (χ3v) is 5.96. The quantitative estimate of drug-likeness (QED) is 0.413. The largest absolute Gasteiger partial charge is 0.350 e. The van der Waals surface area contributed by atoms with Gasteiger partial charge in [-0.3, -0.25) is 19.7 Å². The first-order chi connectivity index (χ1) is 15.0. The Hall–Kier alpha value is -2.58. The van der Waals surface area contributed by atoms with Crippen molar-refractivity contribution < 1.29 is 14.5 Å². The molecule has 172 valence electrons. The molecule has 2 amide bonds. The molecule has 0 aromatic heterocycles. The number of benzene rings is 2. The van der Waals surface area contributed by atoms with Crippen LogP contribution >= 0.6 is 23.4 Å². The number of halogens is 1. The maximum Gasteiger partial charge on any atom is 0.269 e. The van der Waals surface area contributed by atoms with Gasteiger partial charge in [0, 0.05) is 35.0 Å². The van der Waals surface area contributed by atoms with Crippen LogP contribution < -0.4 is 5.32 Å². The number of carbonyl (C=O) groups excluding carboxylic acids is 2. The topological polar surface area (TPSA) is 92.6 Å². The number of rotatable bonds is 9. The summed E-state index contributed by atoms with van der Waals surface area (Å²) in [5, 5.41) is 14.2. The van der Waals surface area contributed by atoms with E-state index in [1.807, 2.05) is 39.0 Å². The van der Waals surface area contributed by atoms with E-state index in [0.29, 0.717) is 10.8 Å². The monoisotopic (exact) mass is 477 g/mol. The molecular weight excluding hydrogens is 450 g/mol. The van der Waals surface area contributed by atoms with Crippen molar-refractivity contribution >= 4 is 40.9 Å². The van der Waals surface area contributed by atoms with Crippen LogP contribution in [0.5, 0.6) is 0 Å². The fourth-order valence-corrected chi connectivity index (χ4v) is 3.99. The van der Waals surface area contributed by atoms with Crippen molar-refractivity contribution in [3.8, 4) is 0 Å². The molecule has 9 heteroatoms. The Morgan fingerprint density at radius 2 is 1.78 bits per heavy atom. The lowest BCUT2D eigenvalue weighted by Crippen LogP contribution is -2.52. The zero-order chi connectivity index (χ0) is 23.9. The van der Waals surface area contributed by atoms with Crippen molar-refractivity contribution in [2.75, 3.05) is 5.75 Å². The van der Waals surface area contributed by atoms with Gasteiger partial charge in [0.05, 0.1) is 10.7 Å². The summed E-state index contributed by atoms with van der Waals surface area (Å²) in [5.74, 6) is 0.257. The van der Waals surface area contributed by atoms with Crippen LogP contribution in [-0.4, -0.2) is 39.0 Å². The number of nitro groups is 1. The van der Waals surface area contributed by atoms with Crippen LogP contribution in [0.2, 0.25) is 5.02 Å². The van der Waals surface area contributed by atoms with Gasteiger partial charge >= 0.3 is 0 Å². The Morgan fingerprint density at radius 1 is 1.16 bits per heavy atom. The molecular formula is C23H28ClN3O4S. The molecule has 0 spiro atoms. The van der Waals surface area contributed by atoms with Crippen LogP contribution in [0.25, 0.3) is 0 Å². The number of nitro benzene ring substituents is 1. The van der Waals surface area contributed by atoms with Crippen LogP contribution in [0.1, 0.15) is 38.8 Å². The molecule has 1 atom stereocenters. The fourth-order valence-electron chi connectivity index (χ4n) is 2.92. The highest BCUT2D eigenvalue weighted by atomic mass is 35.5. The molecule has 2 rings (SSSR count). The minimum atomic E-state index is -0.682. The maximum absolute atomic E-state index is 13.1.